The Labute approximate surface area is 129 Å². The maximum Gasteiger partial charge on any atom is 0.221 e. The molecule has 0 aliphatic carbocycles. The first-order valence-electron chi connectivity index (χ1n) is 7.72. The van der Waals surface area contributed by atoms with Gasteiger partial charge in [0.25, 0.3) is 0 Å². The van der Waals surface area contributed by atoms with Crippen LogP contribution in [0.2, 0.25) is 0 Å². The topological polar surface area (TPSA) is 81.4 Å². The van der Waals surface area contributed by atoms with Gasteiger partial charge in [0.15, 0.2) is 0 Å². The van der Waals surface area contributed by atoms with Crippen molar-refractivity contribution < 1.29 is 14.3 Å². The lowest BCUT2D eigenvalue weighted by molar-refractivity contribution is -0.131. The van der Waals surface area contributed by atoms with E-state index in [0.717, 1.165) is 6.42 Å². The lowest BCUT2D eigenvalue weighted by Crippen LogP contribution is -2.38. The second kappa shape index (κ2) is 9.15. The van der Waals surface area contributed by atoms with Crippen LogP contribution in [0, 0.1) is 10.8 Å². The summed E-state index contributed by atoms with van der Waals surface area (Å²) in [5.74, 6) is 0.197. The normalized spacial score (nSPS) is 12.3. The Kier molecular flexibility index (Phi) is 8.74. The molecule has 5 nitrogen and oxygen atoms in total. The van der Waals surface area contributed by atoms with E-state index >= 15 is 0 Å². The quantitative estimate of drug-likeness (QED) is 0.610. The zero-order valence-electron chi connectivity index (χ0n) is 14.3. The third-order valence-electron chi connectivity index (χ3n) is 3.32. The van der Waals surface area contributed by atoms with Crippen molar-refractivity contribution in [2.24, 2.45) is 16.6 Å². The molecule has 0 saturated heterocycles. The summed E-state index contributed by atoms with van der Waals surface area (Å²) >= 11 is 0. The van der Waals surface area contributed by atoms with Crippen molar-refractivity contribution in [2.75, 3.05) is 26.3 Å². The van der Waals surface area contributed by atoms with Gasteiger partial charge in [-0.15, -0.1) is 0 Å². The van der Waals surface area contributed by atoms with Crippen molar-refractivity contribution in [3.05, 3.63) is 0 Å². The summed E-state index contributed by atoms with van der Waals surface area (Å²) in [6.07, 6.45) is 1.80. The number of nitrogens with one attached hydrogen (secondary N) is 1. The van der Waals surface area contributed by atoms with E-state index < -0.39 is 5.41 Å². The predicted molar refractivity (Wildman–Crippen MR) is 85.0 cm³/mol. The highest BCUT2D eigenvalue weighted by Gasteiger charge is 2.28. The average molecular weight is 300 g/mol. The van der Waals surface area contributed by atoms with Crippen LogP contribution in [0.4, 0.5) is 0 Å². The molecule has 0 saturated carbocycles. The molecule has 0 bridgehead atoms. The van der Waals surface area contributed by atoms with Crippen molar-refractivity contribution in [3.63, 3.8) is 0 Å². The van der Waals surface area contributed by atoms with Crippen LogP contribution in [-0.2, 0) is 14.3 Å². The molecule has 0 aromatic rings. The third-order valence-corrected chi connectivity index (χ3v) is 3.32. The summed E-state index contributed by atoms with van der Waals surface area (Å²) in [5, 5.41) is 2.85. The van der Waals surface area contributed by atoms with Crippen molar-refractivity contribution in [2.45, 2.75) is 53.9 Å². The molecule has 0 unspecified atom stereocenters. The highest BCUT2D eigenvalue weighted by Crippen LogP contribution is 2.22. The minimum absolute atomic E-state index is 0.0379. The number of nitrogens with two attached hydrogens (primary N) is 1. The standard InChI is InChI=1S/C16H32N2O3/c1-6-7-13(19)16(4,5)12-21-11-15(2,3)10-18-14(20)8-9-17/h6-12,17H2,1-5H3,(H,18,20). The summed E-state index contributed by atoms with van der Waals surface area (Å²) < 4.78 is 5.73. The molecule has 3 N–H and O–H groups in total. The van der Waals surface area contributed by atoms with Gasteiger partial charge in [0.05, 0.1) is 13.2 Å². The number of ketones is 1. The molecule has 0 rings (SSSR count). The zero-order valence-corrected chi connectivity index (χ0v) is 14.3. The van der Waals surface area contributed by atoms with Gasteiger partial charge in [0, 0.05) is 36.8 Å². The number of ether oxygens (including phenoxy) is 1. The molecule has 0 aromatic heterocycles. The zero-order chi connectivity index (χ0) is 16.5. The molecule has 0 aliphatic heterocycles. The minimum Gasteiger partial charge on any atom is -0.380 e. The van der Waals surface area contributed by atoms with Crippen LogP contribution in [0.1, 0.15) is 53.9 Å². The number of rotatable bonds is 11. The molecule has 21 heavy (non-hydrogen) atoms. The average Bonchev–Trinajstić information content (AvgIpc) is 2.37. The molecule has 0 spiro atoms. The second-order valence-electron chi connectivity index (χ2n) is 7.03. The monoisotopic (exact) mass is 300 g/mol. The molecule has 0 radical (unpaired) electrons. The van der Waals surface area contributed by atoms with Gasteiger partial charge >= 0.3 is 0 Å². The fraction of sp³-hybridized carbons (Fsp3) is 0.875. The number of carbonyl (C=O) groups excluding carboxylic acids is 2. The first-order valence-corrected chi connectivity index (χ1v) is 7.72. The Balaban J connectivity index is 4.13. The Morgan fingerprint density at radius 1 is 1.10 bits per heavy atom. The van der Waals surface area contributed by atoms with Gasteiger partial charge < -0.3 is 15.8 Å². The number of hydrogen-bond acceptors (Lipinski definition) is 4. The summed E-state index contributed by atoms with van der Waals surface area (Å²) in [4.78, 5) is 23.4. The number of amides is 1. The van der Waals surface area contributed by atoms with Crippen LogP contribution >= 0.6 is 0 Å². The Morgan fingerprint density at radius 3 is 2.24 bits per heavy atom. The van der Waals surface area contributed by atoms with Crippen LogP contribution in [-0.4, -0.2) is 38.0 Å². The Morgan fingerprint density at radius 2 is 1.71 bits per heavy atom. The predicted octanol–water partition coefficient (Wildman–Crippen LogP) is 1.89. The maximum absolute atomic E-state index is 12.0. The molecular formula is C16H32N2O3. The molecule has 0 aromatic carbocycles. The van der Waals surface area contributed by atoms with Gasteiger partial charge in [-0.25, -0.2) is 0 Å². The van der Waals surface area contributed by atoms with Crippen LogP contribution in [0.15, 0.2) is 0 Å². The van der Waals surface area contributed by atoms with E-state index in [1.54, 1.807) is 0 Å². The molecule has 5 heteroatoms. The van der Waals surface area contributed by atoms with Gasteiger partial charge in [-0.3, -0.25) is 9.59 Å². The lowest BCUT2D eigenvalue weighted by Gasteiger charge is -2.28. The van der Waals surface area contributed by atoms with E-state index in [9.17, 15) is 9.59 Å². The molecular weight excluding hydrogens is 268 g/mol. The van der Waals surface area contributed by atoms with E-state index in [4.69, 9.17) is 10.5 Å². The largest absolute Gasteiger partial charge is 0.380 e. The molecule has 0 heterocycles. The van der Waals surface area contributed by atoms with Crippen molar-refractivity contribution in [1.29, 1.82) is 0 Å². The van der Waals surface area contributed by atoms with Gasteiger partial charge in [-0.1, -0.05) is 34.6 Å². The van der Waals surface area contributed by atoms with Gasteiger partial charge in [-0.05, 0) is 6.42 Å². The Hall–Kier alpha value is -0.940. The van der Waals surface area contributed by atoms with E-state index in [-0.39, 0.29) is 17.1 Å². The number of Topliss-reactive ketones (excluding diaryl/α,β-unsaturated/α-hetero) is 1. The summed E-state index contributed by atoms with van der Waals surface area (Å²) in [6.45, 7) is 11.7. The molecule has 1 amide bonds. The van der Waals surface area contributed by atoms with Gasteiger partial charge in [-0.2, -0.15) is 0 Å². The van der Waals surface area contributed by atoms with Gasteiger partial charge in [0.2, 0.25) is 5.91 Å². The van der Waals surface area contributed by atoms with E-state index in [1.165, 1.54) is 0 Å². The SMILES string of the molecule is CCCC(=O)C(C)(C)COCC(C)(C)CNC(=O)CCN. The number of carbonyl (C=O) groups is 2. The van der Waals surface area contributed by atoms with Crippen molar-refractivity contribution in [1.82, 2.24) is 5.32 Å². The van der Waals surface area contributed by atoms with Crippen molar-refractivity contribution in [3.8, 4) is 0 Å². The fourth-order valence-corrected chi connectivity index (χ4v) is 1.84. The van der Waals surface area contributed by atoms with E-state index in [0.29, 0.717) is 39.1 Å². The Bertz CT molecular complexity index is 338. The number of hydrogen-bond donors (Lipinski definition) is 2. The van der Waals surface area contributed by atoms with Gasteiger partial charge in [0.1, 0.15) is 5.78 Å². The van der Waals surface area contributed by atoms with Crippen LogP contribution in [0.25, 0.3) is 0 Å². The summed E-state index contributed by atoms with van der Waals surface area (Å²) in [7, 11) is 0. The first-order chi connectivity index (χ1) is 9.64. The third kappa shape index (κ3) is 8.83. The van der Waals surface area contributed by atoms with Crippen LogP contribution in [0.3, 0.4) is 0 Å². The van der Waals surface area contributed by atoms with Crippen molar-refractivity contribution >= 4 is 11.7 Å². The molecule has 0 atom stereocenters. The smallest absolute Gasteiger partial charge is 0.221 e. The van der Waals surface area contributed by atoms with E-state index in [2.05, 4.69) is 5.32 Å². The van der Waals surface area contributed by atoms with Crippen LogP contribution in [0.5, 0.6) is 0 Å². The minimum atomic E-state index is -0.450. The summed E-state index contributed by atoms with van der Waals surface area (Å²) in [5.41, 5.74) is 4.71. The first kappa shape index (κ1) is 20.1. The van der Waals surface area contributed by atoms with E-state index in [1.807, 2.05) is 34.6 Å². The van der Waals surface area contributed by atoms with Crippen LogP contribution < -0.4 is 11.1 Å². The fourth-order valence-electron chi connectivity index (χ4n) is 1.84. The molecule has 0 aliphatic rings. The highest BCUT2D eigenvalue weighted by molar-refractivity contribution is 5.84. The maximum atomic E-state index is 12.0. The highest BCUT2D eigenvalue weighted by atomic mass is 16.5. The second-order valence-corrected chi connectivity index (χ2v) is 7.03. The lowest BCUT2D eigenvalue weighted by atomic mass is 9.86. The molecule has 124 valence electrons. The summed E-state index contributed by atoms with van der Waals surface area (Å²) in [6, 6.07) is 0. The molecule has 0 fully saturated rings.